The zero-order valence-electron chi connectivity index (χ0n) is 14.1. The Labute approximate surface area is 139 Å². The van der Waals surface area contributed by atoms with Gasteiger partial charge in [0.2, 0.25) is 0 Å². The maximum absolute atomic E-state index is 11.9. The monoisotopic (exact) mass is 319 g/mol. The highest BCUT2D eigenvalue weighted by atomic mass is 16.3. The van der Waals surface area contributed by atoms with Crippen molar-refractivity contribution in [3.63, 3.8) is 0 Å². The van der Waals surface area contributed by atoms with E-state index in [1.807, 2.05) is 19.1 Å². The second kappa shape index (κ2) is 9.40. The summed E-state index contributed by atoms with van der Waals surface area (Å²) in [6.07, 6.45) is 5.66. The standard InChI is InChI=1S/C18H29N3O2/c1-15(5-6-16-7-9-17(22)10-8-16)20-18(23)19-11-14-21-12-3-2-4-13-21/h7-10,15,22H,2-6,11-14H2,1H3,(H2,19,20,23). The van der Waals surface area contributed by atoms with E-state index in [-0.39, 0.29) is 17.8 Å². The van der Waals surface area contributed by atoms with Crippen LogP contribution in [0.5, 0.6) is 5.75 Å². The first-order valence-corrected chi connectivity index (χ1v) is 8.68. The van der Waals surface area contributed by atoms with Crippen molar-refractivity contribution in [3.8, 4) is 5.75 Å². The van der Waals surface area contributed by atoms with Gasteiger partial charge < -0.3 is 20.6 Å². The van der Waals surface area contributed by atoms with Gasteiger partial charge in [-0.25, -0.2) is 4.79 Å². The zero-order chi connectivity index (χ0) is 16.5. The molecule has 2 amide bonds. The lowest BCUT2D eigenvalue weighted by Gasteiger charge is -2.26. The fourth-order valence-corrected chi connectivity index (χ4v) is 2.90. The number of aromatic hydroxyl groups is 1. The molecule has 3 N–H and O–H groups in total. The molecule has 1 heterocycles. The van der Waals surface area contributed by atoms with Crippen molar-refractivity contribution in [2.45, 2.75) is 45.1 Å². The van der Waals surface area contributed by atoms with Crippen LogP contribution in [-0.4, -0.2) is 48.3 Å². The summed E-state index contributed by atoms with van der Waals surface area (Å²) in [4.78, 5) is 14.3. The fraction of sp³-hybridized carbons (Fsp3) is 0.611. The molecule has 0 radical (unpaired) electrons. The van der Waals surface area contributed by atoms with Gasteiger partial charge in [0, 0.05) is 19.1 Å². The van der Waals surface area contributed by atoms with E-state index in [0.29, 0.717) is 6.54 Å². The number of carbonyl (C=O) groups is 1. The lowest BCUT2D eigenvalue weighted by atomic mass is 10.1. The highest BCUT2D eigenvalue weighted by Gasteiger charge is 2.11. The molecule has 1 aromatic rings. The molecule has 1 atom stereocenters. The van der Waals surface area contributed by atoms with E-state index in [1.165, 1.54) is 24.8 Å². The highest BCUT2D eigenvalue weighted by molar-refractivity contribution is 5.74. The van der Waals surface area contributed by atoms with Crippen LogP contribution in [0.15, 0.2) is 24.3 Å². The minimum atomic E-state index is -0.0831. The normalized spacial score (nSPS) is 16.7. The number of rotatable bonds is 7. The molecule has 0 bridgehead atoms. The molecule has 1 aliphatic heterocycles. The van der Waals surface area contributed by atoms with E-state index in [4.69, 9.17) is 0 Å². The van der Waals surface area contributed by atoms with Crippen LogP contribution in [-0.2, 0) is 6.42 Å². The van der Waals surface area contributed by atoms with Crippen molar-refractivity contribution >= 4 is 6.03 Å². The minimum absolute atomic E-state index is 0.0831. The van der Waals surface area contributed by atoms with Gasteiger partial charge in [0.25, 0.3) is 0 Å². The summed E-state index contributed by atoms with van der Waals surface area (Å²) in [5.41, 5.74) is 1.17. The predicted octanol–water partition coefficient (Wildman–Crippen LogP) is 2.50. The van der Waals surface area contributed by atoms with Crippen molar-refractivity contribution < 1.29 is 9.90 Å². The molecular weight excluding hydrogens is 290 g/mol. The van der Waals surface area contributed by atoms with Crippen LogP contribution in [0.2, 0.25) is 0 Å². The third kappa shape index (κ3) is 6.91. The molecule has 0 spiro atoms. The largest absolute Gasteiger partial charge is 0.508 e. The Kier molecular flexibility index (Phi) is 7.20. The zero-order valence-corrected chi connectivity index (χ0v) is 14.1. The molecule has 0 aliphatic carbocycles. The number of nitrogens with one attached hydrogen (secondary N) is 2. The van der Waals surface area contributed by atoms with E-state index < -0.39 is 0 Å². The summed E-state index contributed by atoms with van der Waals surface area (Å²) in [5, 5.41) is 15.2. The molecule has 1 unspecified atom stereocenters. The third-order valence-electron chi connectivity index (χ3n) is 4.34. The number of likely N-dealkylation sites (tertiary alicyclic amines) is 1. The first-order valence-electron chi connectivity index (χ1n) is 8.68. The molecule has 23 heavy (non-hydrogen) atoms. The smallest absolute Gasteiger partial charge is 0.315 e. The molecule has 1 fully saturated rings. The number of nitrogens with zero attached hydrogens (tertiary/aromatic N) is 1. The number of benzene rings is 1. The molecule has 2 rings (SSSR count). The average Bonchev–Trinajstić information content (AvgIpc) is 2.55. The van der Waals surface area contributed by atoms with Gasteiger partial charge in [-0.05, 0) is 63.4 Å². The maximum atomic E-state index is 11.9. The number of piperidine rings is 1. The van der Waals surface area contributed by atoms with E-state index in [1.54, 1.807) is 12.1 Å². The number of carbonyl (C=O) groups excluding carboxylic acids is 1. The number of hydrogen-bond acceptors (Lipinski definition) is 3. The number of hydrogen-bond donors (Lipinski definition) is 3. The minimum Gasteiger partial charge on any atom is -0.508 e. The quantitative estimate of drug-likeness (QED) is 0.723. The van der Waals surface area contributed by atoms with Crippen molar-refractivity contribution in [3.05, 3.63) is 29.8 Å². The number of amides is 2. The van der Waals surface area contributed by atoms with Crippen LogP contribution in [0, 0.1) is 0 Å². The Balaban J connectivity index is 1.57. The van der Waals surface area contributed by atoms with Gasteiger partial charge in [0.1, 0.15) is 5.75 Å². The summed E-state index contributed by atoms with van der Waals surface area (Å²) in [6.45, 7) is 5.98. The van der Waals surface area contributed by atoms with Gasteiger partial charge in [0.15, 0.2) is 0 Å². The van der Waals surface area contributed by atoms with Gasteiger partial charge in [-0.3, -0.25) is 0 Å². The number of urea groups is 1. The summed E-state index contributed by atoms with van der Waals surface area (Å²) in [7, 11) is 0. The Morgan fingerprint density at radius 3 is 2.61 bits per heavy atom. The highest BCUT2D eigenvalue weighted by Crippen LogP contribution is 2.12. The molecule has 5 heteroatoms. The summed E-state index contributed by atoms with van der Waals surface area (Å²) in [6, 6.07) is 7.27. The van der Waals surface area contributed by atoms with Crippen LogP contribution in [0.25, 0.3) is 0 Å². The summed E-state index contributed by atoms with van der Waals surface area (Å²) in [5.74, 6) is 0.285. The number of phenolic OH excluding ortho intramolecular Hbond substituents is 1. The topological polar surface area (TPSA) is 64.6 Å². The fourth-order valence-electron chi connectivity index (χ4n) is 2.90. The van der Waals surface area contributed by atoms with E-state index in [9.17, 15) is 9.90 Å². The third-order valence-corrected chi connectivity index (χ3v) is 4.34. The van der Waals surface area contributed by atoms with Crippen LogP contribution in [0.1, 0.15) is 38.2 Å². The molecule has 1 saturated heterocycles. The van der Waals surface area contributed by atoms with E-state index >= 15 is 0 Å². The predicted molar refractivity (Wildman–Crippen MR) is 92.7 cm³/mol. The Bertz CT molecular complexity index is 470. The Morgan fingerprint density at radius 1 is 1.22 bits per heavy atom. The summed E-state index contributed by atoms with van der Waals surface area (Å²) < 4.78 is 0. The van der Waals surface area contributed by atoms with Crippen molar-refractivity contribution in [2.75, 3.05) is 26.2 Å². The first kappa shape index (κ1) is 17.6. The van der Waals surface area contributed by atoms with E-state index in [0.717, 1.165) is 32.5 Å². The van der Waals surface area contributed by atoms with Gasteiger partial charge >= 0.3 is 6.03 Å². The van der Waals surface area contributed by atoms with Crippen LogP contribution in [0.3, 0.4) is 0 Å². The number of aryl methyl sites for hydroxylation is 1. The van der Waals surface area contributed by atoms with Gasteiger partial charge in [0.05, 0.1) is 0 Å². The lowest BCUT2D eigenvalue weighted by Crippen LogP contribution is -2.44. The van der Waals surface area contributed by atoms with Crippen molar-refractivity contribution in [1.82, 2.24) is 15.5 Å². The number of phenols is 1. The molecule has 0 aromatic heterocycles. The molecular formula is C18H29N3O2. The van der Waals surface area contributed by atoms with Crippen molar-refractivity contribution in [1.29, 1.82) is 0 Å². The van der Waals surface area contributed by atoms with Gasteiger partial charge in [-0.1, -0.05) is 18.6 Å². The maximum Gasteiger partial charge on any atom is 0.315 e. The van der Waals surface area contributed by atoms with Crippen LogP contribution >= 0.6 is 0 Å². The molecule has 1 aliphatic rings. The van der Waals surface area contributed by atoms with E-state index in [2.05, 4.69) is 15.5 Å². The van der Waals surface area contributed by atoms with Crippen LogP contribution in [0.4, 0.5) is 4.79 Å². The van der Waals surface area contributed by atoms with Gasteiger partial charge in [-0.15, -0.1) is 0 Å². The van der Waals surface area contributed by atoms with Gasteiger partial charge in [-0.2, -0.15) is 0 Å². The molecule has 1 aromatic carbocycles. The van der Waals surface area contributed by atoms with Crippen molar-refractivity contribution in [2.24, 2.45) is 0 Å². The molecule has 128 valence electrons. The summed E-state index contributed by atoms with van der Waals surface area (Å²) >= 11 is 0. The first-order chi connectivity index (χ1) is 11.1. The second-order valence-electron chi connectivity index (χ2n) is 6.41. The average molecular weight is 319 g/mol. The molecule has 5 nitrogen and oxygen atoms in total. The lowest BCUT2D eigenvalue weighted by molar-refractivity contribution is 0.219. The second-order valence-corrected chi connectivity index (χ2v) is 6.41. The SMILES string of the molecule is CC(CCc1ccc(O)cc1)NC(=O)NCCN1CCCCC1. The Hall–Kier alpha value is -1.75. The van der Waals surface area contributed by atoms with Crippen LogP contribution < -0.4 is 10.6 Å². The Morgan fingerprint density at radius 2 is 1.91 bits per heavy atom. The molecule has 0 saturated carbocycles.